The van der Waals surface area contributed by atoms with E-state index in [0.29, 0.717) is 31.1 Å². The van der Waals surface area contributed by atoms with E-state index in [4.69, 9.17) is 0 Å². The van der Waals surface area contributed by atoms with Crippen LogP contribution in [0.25, 0.3) is 0 Å². The first kappa shape index (κ1) is 23.6. The number of amidine groups is 1. The summed E-state index contributed by atoms with van der Waals surface area (Å²) in [6, 6.07) is -0.891. The number of carbonyl (C=O) groups excluding carboxylic acids is 4. The third-order valence-corrected chi connectivity index (χ3v) is 7.52. The number of piperidine rings is 1. The molecule has 2 heterocycles. The van der Waals surface area contributed by atoms with Gasteiger partial charge in [-0.2, -0.15) is 0 Å². The molecule has 3 rings (SSSR count). The van der Waals surface area contributed by atoms with Gasteiger partial charge in [-0.15, -0.1) is 5.10 Å². The van der Waals surface area contributed by atoms with Crippen molar-refractivity contribution in [3.8, 4) is 0 Å². The highest BCUT2D eigenvalue weighted by atomic mass is 32.2. The van der Waals surface area contributed by atoms with Crippen LogP contribution < -0.4 is 10.7 Å². The maximum absolute atomic E-state index is 13.1. The average molecular weight is 452 g/mol. The Morgan fingerprint density at radius 2 is 1.71 bits per heavy atom. The fourth-order valence-electron chi connectivity index (χ4n) is 4.47. The third kappa shape index (κ3) is 6.21. The highest BCUT2D eigenvalue weighted by molar-refractivity contribution is 8.14. The van der Waals surface area contributed by atoms with E-state index in [-0.39, 0.29) is 23.7 Å². The lowest BCUT2D eigenvalue weighted by molar-refractivity contribution is -0.142. The molecule has 2 saturated heterocycles. The summed E-state index contributed by atoms with van der Waals surface area (Å²) in [5.41, 5.74) is 2.38. The van der Waals surface area contributed by atoms with E-state index >= 15 is 0 Å². The van der Waals surface area contributed by atoms with Crippen LogP contribution in [0.5, 0.6) is 0 Å². The topological polar surface area (TPSA) is 111 Å². The van der Waals surface area contributed by atoms with Crippen molar-refractivity contribution in [2.24, 2.45) is 16.9 Å². The first-order chi connectivity index (χ1) is 14.9. The Bertz CT molecular complexity index is 729. The number of amides is 3. The molecule has 0 spiro atoms. The second-order valence-electron chi connectivity index (χ2n) is 8.63. The smallest absolute Gasteiger partial charge is 0.309 e. The highest BCUT2D eigenvalue weighted by Crippen LogP contribution is 2.26. The SMILES string of the molecule is CC(=O)N1CCC(C(NC(=O)C2CCCCC2)C(=O)C(=O)NN=C2SCCN2C)CC1. The number of nitrogens with zero attached hydrogens (tertiary/aromatic N) is 3. The van der Waals surface area contributed by atoms with E-state index in [1.54, 1.807) is 4.90 Å². The molecule has 1 unspecified atom stereocenters. The number of Topliss-reactive ketones (excluding diaryl/α,β-unsaturated/α-hetero) is 1. The van der Waals surface area contributed by atoms with Crippen LogP contribution in [0, 0.1) is 11.8 Å². The summed E-state index contributed by atoms with van der Waals surface area (Å²) >= 11 is 1.52. The van der Waals surface area contributed by atoms with Crippen molar-refractivity contribution in [1.82, 2.24) is 20.5 Å². The molecule has 1 aliphatic carbocycles. The maximum atomic E-state index is 13.1. The molecule has 2 N–H and O–H groups in total. The molecule has 0 radical (unpaired) electrons. The quantitative estimate of drug-likeness (QED) is 0.459. The van der Waals surface area contributed by atoms with Gasteiger partial charge in [0.15, 0.2) is 5.17 Å². The van der Waals surface area contributed by atoms with Crippen molar-refractivity contribution in [2.75, 3.05) is 32.4 Å². The maximum Gasteiger partial charge on any atom is 0.309 e. The van der Waals surface area contributed by atoms with E-state index in [2.05, 4.69) is 15.8 Å². The second kappa shape index (κ2) is 11.0. The number of ketones is 1. The van der Waals surface area contributed by atoms with Crippen LogP contribution in [0.1, 0.15) is 51.9 Å². The summed E-state index contributed by atoms with van der Waals surface area (Å²) in [6.45, 7) is 3.41. The molecule has 0 aromatic carbocycles. The number of thioether (sulfide) groups is 1. The van der Waals surface area contributed by atoms with Gasteiger partial charge in [0.25, 0.3) is 0 Å². The third-order valence-electron chi connectivity index (χ3n) is 6.47. The Labute approximate surface area is 187 Å². The van der Waals surface area contributed by atoms with E-state index in [1.807, 2.05) is 11.9 Å². The van der Waals surface area contributed by atoms with Gasteiger partial charge in [-0.3, -0.25) is 19.2 Å². The summed E-state index contributed by atoms with van der Waals surface area (Å²) in [5.74, 6) is -1.02. The van der Waals surface area contributed by atoms with Crippen LogP contribution in [0.15, 0.2) is 5.10 Å². The van der Waals surface area contributed by atoms with Crippen molar-refractivity contribution >= 4 is 40.4 Å². The van der Waals surface area contributed by atoms with E-state index in [9.17, 15) is 19.2 Å². The summed E-state index contributed by atoms with van der Waals surface area (Å²) < 4.78 is 0. The Kier molecular flexibility index (Phi) is 8.34. The zero-order valence-electron chi connectivity index (χ0n) is 18.4. The van der Waals surface area contributed by atoms with Crippen LogP contribution in [0.2, 0.25) is 0 Å². The fourth-order valence-corrected chi connectivity index (χ4v) is 5.44. The predicted molar refractivity (Wildman–Crippen MR) is 119 cm³/mol. The molecule has 3 amide bonds. The molecule has 3 aliphatic rings. The number of hydrogen-bond donors (Lipinski definition) is 2. The zero-order valence-corrected chi connectivity index (χ0v) is 19.2. The number of nitrogens with one attached hydrogen (secondary N) is 2. The van der Waals surface area contributed by atoms with Crippen LogP contribution in [0.3, 0.4) is 0 Å². The van der Waals surface area contributed by atoms with Gasteiger partial charge in [0.1, 0.15) is 6.04 Å². The summed E-state index contributed by atoms with van der Waals surface area (Å²) in [6.07, 6.45) is 5.93. The monoisotopic (exact) mass is 451 g/mol. The van der Waals surface area contributed by atoms with Gasteiger partial charge in [-0.1, -0.05) is 31.0 Å². The van der Waals surface area contributed by atoms with Gasteiger partial charge in [-0.25, -0.2) is 5.43 Å². The van der Waals surface area contributed by atoms with Crippen molar-refractivity contribution < 1.29 is 19.2 Å². The van der Waals surface area contributed by atoms with Crippen LogP contribution in [0.4, 0.5) is 0 Å². The summed E-state index contributed by atoms with van der Waals surface area (Å²) in [7, 11) is 1.88. The minimum atomic E-state index is -0.891. The van der Waals surface area contributed by atoms with E-state index in [0.717, 1.165) is 44.4 Å². The number of likely N-dealkylation sites (tertiary alicyclic amines) is 1. The number of carbonyl (C=O) groups is 4. The molecular formula is C21H33N5O4S. The zero-order chi connectivity index (χ0) is 22.4. The first-order valence-corrected chi connectivity index (χ1v) is 12.2. The molecule has 0 aromatic rings. The second-order valence-corrected chi connectivity index (χ2v) is 9.70. The first-order valence-electron chi connectivity index (χ1n) is 11.2. The van der Waals surface area contributed by atoms with Gasteiger partial charge in [0.2, 0.25) is 17.6 Å². The minimum absolute atomic E-state index is 0.000631. The van der Waals surface area contributed by atoms with Gasteiger partial charge in [0.05, 0.1) is 0 Å². The largest absolute Gasteiger partial charge is 0.352 e. The summed E-state index contributed by atoms with van der Waals surface area (Å²) in [4.78, 5) is 53.8. The average Bonchev–Trinajstić information content (AvgIpc) is 3.20. The Balaban J connectivity index is 1.67. The number of hydrazone groups is 1. The van der Waals surface area contributed by atoms with Gasteiger partial charge in [0, 0.05) is 45.3 Å². The van der Waals surface area contributed by atoms with Crippen molar-refractivity contribution in [2.45, 2.75) is 57.9 Å². The number of rotatable bonds is 6. The molecule has 1 atom stereocenters. The van der Waals surface area contributed by atoms with Gasteiger partial charge < -0.3 is 15.1 Å². The van der Waals surface area contributed by atoms with E-state index in [1.165, 1.54) is 18.7 Å². The normalized spacial score (nSPS) is 23.0. The minimum Gasteiger partial charge on any atom is -0.352 e. The van der Waals surface area contributed by atoms with Crippen molar-refractivity contribution in [3.63, 3.8) is 0 Å². The van der Waals surface area contributed by atoms with E-state index < -0.39 is 17.7 Å². The lowest BCUT2D eigenvalue weighted by Gasteiger charge is -2.35. The fraction of sp³-hybridized carbons (Fsp3) is 0.762. The molecule has 10 heteroatoms. The number of hydrogen-bond acceptors (Lipinski definition) is 6. The van der Waals surface area contributed by atoms with Crippen molar-refractivity contribution in [1.29, 1.82) is 0 Å². The molecule has 31 heavy (non-hydrogen) atoms. The molecule has 0 aromatic heterocycles. The van der Waals surface area contributed by atoms with Gasteiger partial charge in [-0.05, 0) is 31.6 Å². The highest BCUT2D eigenvalue weighted by Gasteiger charge is 2.37. The van der Waals surface area contributed by atoms with Crippen LogP contribution in [-0.2, 0) is 19.2 Å². The molecule has 2 aliphatic heterocycles. The molecular weight excluding hydrogens is 418 g/mol. The van der Waals surface area contributed by atoms with Crippen LogP contribution in [-0.4, -0.2) is 76.9 Å². The lowest BCUT2D eigenvalue weighted by atomic mass is 9.84. The molecule has 0 bridgehead atoms. The predicted octanol–water partition coefficient (Wildman–Crippen LogP) is 0.945. The van der Waals surface area contributed by atoms with Crippen molar-refractivity contribution in [3.05, 3.63) is 0 Å². The Hall–Kier alpha value is -2.10. The molecule has 9 nitrogen and oxygen atoms in total. The molecule has 1 saturated carbocycles. The van der Waals surface area contributed by atoms with Crippen LogP contribution >= 0.6 is 11.8 Å². The Morgan fingerprint density at radius 1 is 1.03 bits per heavy atom. The molecule has 3 fully saturated rings. The Morgan fingerprint density at radius 3 is 2.29 bits per heavy atom. The standard InChI is InChI=1S/C21H33N5O4S/c1-14(27)26-10-8-15(9-11-26)17(22-19(29)16-6-4-3-5-7-16)18(28)20(30)23-24-21-25(2)12-13-31-21/h15-17H,3-13H2,1-2H3,(H,22,29)(H,23,30). The molecule has 172 valence electrons. The summed E-state index contributed by atoms with van der Waals surface area (Å²) in [5, 5.41) is 7.64. The van der Waals surface area contributed by atoms with Gasteiger partial charge >= 0.3 is 5.91 Å². The lowest BCUT2D eigenvalue weighted by Crippen LogP contribution is -2.54.